The van der Waals surface area contributed by atoms with Gasteiger partial charge in [-0.15, -0.1) is 0 Å². The SMILES string of the molecule is CCCCCCCCCCCCCO.COS(=O)(=O)O. The normalized spacial score (nSPS) is 11.0. The number of unbranched alkanes of at least 4 members (excludes halogenated alkanes) is 10. The van der Waals surface area contributed by atoms with Gasteiger partial charge in [-0.25, -0.2) is 0 Å². The van der Waals surface area contributed by atoms with Crippen molar-refractivity contribution in [1.82, 2.24) is 0 Å². The topological polar surface area (TPSA) is 83.8 Å². The van der Waals surface area contributed by atoms with E-state index in [1.807, 2.05) is 0 Å². The molecular weight excluding hydrogens is 280 g/mol. The van der Waals surface area contributed by atoms with Crippen LogP contribution in [0.3, 0.4) is 0 Å². The van der Waals surface area contributed by atoms with Gasteiger partial charge in [-0.2, -0.15) is 8.42 Å². The maximum Gasteiger partial charge on any atom is 0.397 e. The van der Waals surface area contributed by atoms with Gasteiger partial charge in [0.25, 0.3) is 0 Å². The highest BCUT2D eigenvalue weighted by atomic mass is 32.3. The quantitative estimate of drug-likeness (QED) is 0.424. The summed E-state index contributed by atoms with van der Waals surface area (Å²) in [6.07, 6.45) is 14.8. The van der Waals surface area contributed by atoms with Crippen molar-refractivity contribution in [2.24, 2.45) is 0 Å². The molecule has 0 fully saturated rings. The molecule has 0 radical (unpaired) electrons. The molecule has 0 unspecified atom stereocenters. The fraction of sp³-hybridized carbons (Fsp3) is 1.00. The second-order valence-corrected chi connectivity index (χ2v) is 6.04. The van der Waals surface area contributed by atoms with Crippen LogP contribution in [0.2, 0.25) is 0 Å². The van der Waals surface area contributed by atoms with Crippen molar-refractivity contribution in [3.05, 3.63) is 0 Å². The van der Waals surface area contributed by atoms with E-state index in [4.69, 9.17) is 9.66 Å². The summed E-state index contributed by atoms with van der Waals surface area (Å²) in [4.78, 5) is 0. The van der Waals surface area contributed by atoms with Crippen molar-refractivity contribution in [2.75, 3.05) is 13.7 Å². The fourth-order valence-electron chi connectivity index (χ4n) is 1.78. The van der Waals surface area contributed by atoms with Gasteiger partial charge < -0.3 is 5.11 Å². The molecule has 0 spiro atoms. The average molecular weight is 312 g/mol. The second kappa shape index (κ2) is 16.9. The van der Waals surface area contributed by atoms with E-state index in [9.17, 15) is 8.42 Å². The third kappa shape index (κ3) is 26.4. The lowest BCUT2D eigenvalue weighted by molar-refractivity contribution is 0.282. The van der Waals surface area contributed by atoms with E-state index in [1.165, 1.54) is 64.2 Å². The van der Waals surface area contributed by atoms with E-state index >= 15 is 0 Å². The molecule has 5 nitrogen and oxygen atoms in total. The Balaban J connectivity index is 0. The van der Waals surface area contributed by atoms with Crippen LogP contribution in [0.25, 0.3) is 0 Å². The van der Waals surface area contributed by atoms with E-state index in [2.05, 4.69) is 11.1 Å². The monoisotopic (exact) mass is 312 g/mol. The maximum absolute atomic E-state index is 9.33. The Labute approximate surface area is 124 Å². The van der Waals surface area contributed by atoms with Crippen molar-refractivity contribution >= 4 is 10.4 Å². The number of aliphatic hydroxyl groups excluding tert-OH is 1. The van der Waals surface area contributed by atoms with Crippen molar-refractivity contribution in [2.45, 2.75) is 77.6 Å². The van der Waals surface area contributed by atoms with Crippen LogP contribution in [0.15, 0.2) is 0 Å². The molecule has 0 aliphatic heterocycles. The number of hydrogen-bond donors (Lipinski definition) is 2. The standard InChI is InChI=1S/C13H28O.CH4O4S/c1-2-3-4-5-6-7-8-9-10-11-12-13-14;1-5-6(2,3)4/h14H,2-13H2,1H3;1H3,(H,2,3,4). The molecule has 0 saturated carbocycles. The summed E-state index contributed by atoms with van der Waals surface area (Å²) in [5, 5.41) is 8.59. The van der Waals surface area contributed by atoms with Gasteiger partial charge in [0.1, 0.15) is 0 Å². The van der Waals surface area contributed by atoms with Crippen LogP contribution in [0.5, 0.6) is 0 Å². The molecule has 124 valence electrons. The van der Waals surface area contributed by atoms with Crippen molar-refractivity contribution in [1.29, 1.82) is 0 Å². The average Bonchev–Trinajstić information content (AvgIpc) is 2.41. The summed E-state index contributed by atoms with van der Waals surface area (Å²) in [6.45, 7) is 2.64. The molecule has 20 heavy (non-hydrogen) atoms. The van der Waals surface area contributed by atoms with Crippen LogP contribution in [-0.4, -0.2) is 31.8 Å². The largest absolute Gasteiger partial charge is 0.397 e. The molecule has 0 aliphatic rings. The van der Waals surface area contributed by atoms with E-state index < -0.39 is 10.4 Å². The minimum absolute atomic E-state index is 0.372. The van der Waals surface area contributed by atoms with Gasteiger partial charge in [0.05, 0.1) is 7.11 Å². The minimum Gasteiger partial charge on any atom is -0.396 e. The van der Waals surface area contributed by atoms with Gasteiger partial charge >= 0.3 is 10.4 Å². The summed E-state index contributed by atoms with van der Waals surface area (Å²) in [6, 6.07) is 0. The first-order chi connectivity index (χ1) is 9.47. The Kier molecular flexibility index (Phi) is 18.7. The van der Waals surface area contributed by atoms with Gasteiger partial charge in [-0.3, -0.25) is 8.74 Å². The number of hydrogen-bond acceptors (Lipinski definition) is 4. The molecule has 6 heteroatoms. The third-order valence-corrected chi connectivity index (χ3v) is 3.39. The zero-order chi connectivity index (χ0) is 15.7. The maximum atomic E-state index is 9.33. The van der Waals surface area contributed by atoms with Gasteiger partial charge in [0.15, 0.2) is 0 Å². The molecule has 0 rings (SSSR count). The van der Waals surface area contributed by atoms with Crippen LogP contribution >= 0.6 is 0 Å². The zero-order valence-electron chi connectivity index (χ0n) is 13.0. The Hall–Kier alpha value is -0.170. The van der Waals surface area contributed by atoms with Crippen LogP contribution in [0.4, 0.5) is 0 Å². The summed E-state index contributed by atoms with van der Waals surface area (Å²) in [5.74, 6) is 0. The molecule has 0 aromatic rings. The second-order valence-electron chi connectivity index (χ2n) is 4.85. The smallest absolute Gasteiger partial charge is 0.396 e. The van der Waals surface area contributed by atoms with Crippen molar-refractivity contribution in [3.8, 4) is 0 Å². The molecule has 0 aromatic heterocycles. The molecular formula is C14H32O5S. The first-order valence-corrected chi connectivity index (χ1v) is 8.98. The van der Waals surface area contributed by atoms with Crippen LogP contribution in [-0.2, 0) is 14.6 Å². The highest BCUT2D eigenvalue weighted by molar-refractivity contribution is 7.80. The van der Waals surface area contributed by atoms with E-state index in [0.717, 1.165) is 13.5 Å². The predicted molar refractivity (Wildman–Crippen MR) is 82.1 cm³/mol. The van der Waals surface area contributed by atoms with E-state index in [-0.39, 0.29) is 0 Å². The lowest BCUT2D eigenvalue weighted by Gasteiger charge is -2.01. The summed E-state index contributed by atoms with van der Waals surface area (Å²) in [7, 11) is -3.29. The molecule has 0 amide bonds. The van der Waals surface area contributed by atoms with Crippen molar-refractivity contribution < 1.29 is 22.3 Å². The van der Waals surface area contributed by atoms with E-state index in [0.29, 0.717) is 6.61 Å². The Morgan fingerprint density at radius 3 is 1.35 bits per heavy atom. The molecule has 0 atom stereocenters. The van der Waals surface area contributed by atoms with Crippen LogP contribution in [0, 0.1) is 0 Å². The van der Waals surface area contributed by atoms with Crippen molar-refractivity contribution in [3.63, 3.8) is 0 Å². The predicted octanol–water partition coefficient (Wildman–Crippen LogP) is 3.73. The first-order valence-electron chi connectivity index (χ1n) is 7.61. The molecule has 0 saturated heterocycles. The lowest BCUT2D eigenvalue weighted by Crippen LogP contribution is -1.96. The molecule has 0 heterocycles. The van der Waals surface area contributed by atoms with Crippen LogP contribution in [0.1, 0.15) is 77.6 Å². The Morgan fingerprint density at radius 2 is 1.10 bits per heavy atom. The highest BCUT2D eigenvalue weighted by Gasteiger charge is 1.94. The Morgan fingerprint density at radius 1 is 0.800 bits per heavy atom. The first kappa shape index (κ1) is 22.1. The van der Waals surface area contributed by atoms with Gasteiger partial charge in [-0.1, -0.05) is 71.1 Å². The highest BCUT2D eigenvalue weighted by Crippen LogP contribution is 2.10. The summed E-state index contributed by atoms with van der Waals surface area (Å²) in [5.41, 5.74) is 0. The minimum atomic E-state index is -4.16. The molecule has 2 N–H and O–H groups in total. The van der Waals surface area contributed by atoms with Crippen LogP contribution < -0.4 is 0 Å². The molecule has 0 bridgehead atoms. The van der Waals surface area contributed by atoms with Gasteiger partial charge in [0, 0.05) is 6.61 Å². The molecule has 0 aromatic carbocycles. The van der Waals surface area contributed by atoms with Gasteiger partial charge in [-0.05, 0) is 6.42 Å². The number of aliphatic hydroxyl groups is 1. The van der Waals surface area contributed by atoms with E-state index in [1.54, 1.807) is 0 Å². The Bertz CT molecular complexity index is 253. The summed E-state index contributed by atoms with van der Waals surface area (Å²) >= 11 is 0. The fourth-order valence-corrected chi connectivity index (χ4v) is 1.78. The third-order valence-electron chi connectivity index (χ3n) is 2.97. The van der Waals surface area contributed by atoms with Gasteiger partial charge in [0.2, 0.25) is 0 Å². The summed E-state index contributed by atoms with van der Waals surface area (Å²) < 4.78 is 29.7. The zero-order valence-corrected chi connectivity index (χ0v) is 13.8. The molecule has 0 aliphatic carbocycles. The number of rotatable bonds is 12. The lowest BCUT2D eigenvalue weighted by atomic mass is 10.1.